The Balaban J connectivity index is 4.34. The van der Waals surface area contributed by atoms with Gasteiger partial charge in [-0.15, -0.1) is 0 Å². The average molecular weight is 272 g/mol. The van der Waals surface area contributed by atoms with Crippen LogP contribution in [0.3, 0.4) is 0 Å². The molecule has 0 heterocycles. The van der Waals surface area contributed by atoms with Crippen molar-refractivity contribution in [3.63, 3.8) is 0 Å². The highest BCUT2D eigenvalue weighted by molar-refractivity contribution is 5.85. The minimum atomic E-state index is -0.554. The predicted molar refractivity (Wildman–Crippen MR) is 75.8 cm³/mol. The van der Waals surface area contributed by atoms with E-state index in [0.29, 0.717) is 6.54 Å². The molecule has 5 nitrogen and oxygen atoms in total. The van der Waals surface area contributed by atoms with Crippen molar-refractivity contribution in [2.75, 3.05) is 27.2 Å². The molecule has 0 fully saturated rings. The lowest BCUT2D eigenvalue weighted by molar-refractivity contribution is -0.146. The van der Waals surface area contributed by atoms with E-state index in [1.165, 1.54) is 7.11 Å². The molecule has 0 aliphatic rings. The summed E-state index contributed by atoms with van der Waals surface area (Å²) in [6.45, 7) is 7.23. The summed E-state index contributed by atoms with van der Waals surface area (Å²) in [4.78, 5) is 25.5. The number of hydrogen-bond donors (Lipinski definition) is 1. The summed E-state index contributed by atoms with van der Waals surface area (Å²) in [5.41, 5.74) is 0. The zero-order chi connectivity index (χ0) is 14.8. The van der Waals surface area contributed by atoms with E-state index in [9.17, 15) is 9.59 Å². The van der Waals surface area contributed by atoms with Gasteiger partial charge in [0.2, 0.25) is 5.91 Å². The van der Waals surface area contributed by atoms with Crippen LogP contribution in [0.2, 0.25) is 0 Å². The molecule has 0 aliphatic carbocycles. The molecule has 1 amide bonds. The maximum Gasteiger partial charge on any atom is 0.328 e. The molecule has 0 aliphatic heterocycles. The Labute approximate surface area is 116 Å². The van der Waals surface area contributed by atoms with Gasteiger partial charge >= 0.3 is 5.97 Å². The third-order valence-corrected chi connectivity index (χ3v) is 3.29. The maximum atomic E-state index is 11.9. The van der Waals surface area contributed by atoms with Crippen molar-refractivity contribution in [1.82, 2.24) is 10.2 Å². The molecule has 0 rings (SSSR count). The molecule has 5 heteroatoms. The van der Waals surface area contributed by atoms with E-state index < -0.39 is 6.04 Å². The molecule has 2 atom stereocenters. The maximum absolute atomic E-state index is 11.9. The Morgan fingerprint density at radius 2 is 1.95 bits per heavy atom. The summed E-state index contributed by atoms with van der Waals surface area (Å²) in [6, 6.07) is -0.554. The zero-order valence-corrected chi connectivity index (χ0v) is 12.9. The highest BCUT2D eigenvalue weighted by Crippen LogP contribution is 2.09. The second kappa shape index (κ2) is 9.78. The van der Waals surface area contributed by atoms with Crippen molar-refractivity contribution in [2.24, 2.45) is 5.92 Å². The second-order valence-corrected chi connectivity index (χ2v) is 5.05. The van der Waals surface area contributed by atoms with Crippen LogP contribution in [-0.4, -0.2) is 50.1 Å². The summed E-state index contributed by atoms with van der Waals surface area (Å²) in [6.07, 6.45) is 2.98. The van der Waals surface area contributed by atoms with Crippen LogP contribution < -0.4 is 5.32 Å². The van der Waals surface area contributed by atoms with E-state index in [4.69, 9.17) is 4.74 Å². The molecule has 0 radical (unpaired) electrons. The number of carbonyl (C=O) groups is 2. The quantitative estimate of drug-likeness (QED) is 0.645. The third kappa shape index (κ3) is 7.15. The third-order valence-electron chi connectivity index (χ3n) is 3.29. The molecule has 112 valence electrons. The van der Waals surface area contributed by atoms with E-state index >= 15 is 0 Å². The number of hydrogen-bond acceptors (Lipinski definition) is 4. The lowest BCUT2D eigenvalue weighted by Crippen LogP contribution is -2.48. The van der Waals surface area contributed by atoms with Gasteiger partial charge in [0.15, 0.2) is 0 Å². The summed E-state index contributed by atoms with van der Waals surface area (Å²) >= 11 is 0. The lowest BCUT2D eigenvalue weighted by Gasteiger charge is -2.23. The summed E-state index contributed by atoms with van der Waals surface area (Å²) in [7, 11) is 3.25. The molecular weight excluding hydrogens is 244 g/mol. The first-order valence-electron chi connectivity index (χ1n) is 7.01. The SMILES string of the molecule is CCCCN(C)CC(=O)NC(C(=O)OC)C(C)CC. The first-order chi connectivity index (χ1) is 8.96. The smallest absolute Gasteiger partial charge is 0.328 e. The van der Waals surface area contributed by atoms with E-state index in [-0.39, 0.29) is 17.8 Å². The monoisotopic (exact) mass is 272 g/mol. The Morgan fingerprint density at radius 1 is 1.32 bits per heavy atom. The topological polar surface area (TPSA) is 58.6 Å². The van der Waals surface area contributed by atoms with Crippen LogP contribution in [0.4, 0.5) is 0 Å². The standard InChI is InChI=1S/C14H28N2O3/c1-6-8-9-16(4)10-12(17)15-13(11(3)7-2)14(18)19-5/h11,13H,6-10H2,1-5H3,(H,15,17). The Bertz CT molecular complexity index is 282. The molecule has 19 heavy (non-hydrogen) atoms. The van der Waals surface area contributed by atoms with Crippen molar-refractivity contribution in [3.8, 4) is 0 Å². The lowest BCUT2D eigenvalue weighted by atomic mass is 9.99. The van der Waals surface area contributed by atoms with E-state index in [0.717, 1.165) is 25.8 Å². The number of rotatable bonds is 9. The highest BCUT2D eigenvalue weighted by atomic mass is 16.5. The minimum Gasteiger partial charge on any atom is -0.467 e. The van der Waals surface area contributed by atoms with Gasteiger partial charge in [-0.2, -0.15) is 0 Å². The number of unbranched alkanes of at least 4 members (excludes halogenated alkanes) is 1. The van der Waals surface area contributed by atoms with Crippen molar-refractivity contribution < 1.29 is 14.3 Å². The average Bonchev–Trinajstić information content (AvgIpc) is 2.40. The van der Waals surface area contributed by atoms with Crippen LogP contribution in [0, 0.1) is 5.92 Å². The Hall–Kier alpha value is -1.10. The predicted octanol–water partition coefficient (Wildman–Crippen LogP) is 1.42. The van der Waals surface area contributed by atoms with Gasteiger partial charge in [0.1, 0.15) is 6.04 Å². The number of ether oxygens (including phenoxy) is 1. The van der Waals surface area contributed by atoms with Crippen molar-refractivity contribution in [3.05, 3.63) is 0 Å². The Kier molecular flexibility index (Phi) is 9.21. The fourth-order valence-corrected chi connectivity index (χ4v) is 1.77. The number of nitrogens with one attached hydrogen (secondary N) is 1. The number of amides is 1. The number of nitrogens with zero attached hydrogens (tertiary/aromatic N) is 1. The second-order valence-electron chi connectivity index (χ2n) is 5.05. The zero-order valence-electron chi connectivity index (χ0n) is 12.9. The van der Waals surface area contributed by atoms with Gasteiger partial charge in [0, 0.05) is 0 Å². The first-order valence-corrected chi connectivity index (χ1v) is 7.01. The molecule has 0 bridgehead atoms. The van der Waals surface area contributed by atoms with Gasteiger partial charge in [-0.1, -0.05) is 33.6 Å². The minimum absolute atomic E-state index is 0.0670. The number of carbonyl (C=O) groups excluding carboxylic acids is 2. The summed E-state index contributed by atoms with van der Waals surface area (Å²) in [5, 5.41) is 2.77. The van der Waals surface area contributed by atoms with Gasteiger partial charge in [0.05, 0.1) is 13.7 Å². The molecule has 2 unspecified atom stereocenters. The van der Waals surface area contributed by atoms with Crippen LogP contribution in [0.1, 0.15) is 40.0 Å². The van der Waals surface area contributed by atoms with E-state index in [1.54, 1.807) is 0 Å². The molecule has 0 aromatic heterocycles. The van der Waals surface area contributed by atoms with Crippen LogP contribution in [0.15, 0.2) is 0 Å². The molecule has 0 aromatic rings. The van der Waals surface area contributed by atoms with Crippen LogP contribution in [0.25, 0.3) is 0 Å². The van der Waals surface area contributed by atoms with Crippen LogP contribution in [0.5, 0.6) is 0 Å². The van der Waals surface area contributed by atoms with Crippen LogP contribution in [-0.2, 0) is 14.3 Å². The first kappa shape index (κ1) is 17.9. The summed E-state index contributed by atoms with van der Waals surface area (Å²) < 4.78 is 4.74. The fourth-order valence-electron chi connectivity index (χ4n) is 1.77. The number of likely N-dealkylation sites (N-methyl/N-ethyl adjacent to an activating group) is 1. The van der Waals surface area contributed by atoms with Crippen molar-refractivity contribution in [1.29, 1.82) is 0 Å². The van der Waals surface area contributed by atoms with Gasteiger partial charge in [-0.3, -0.25) is 9.69 Å². The molecule has 0 saturated carbocycles. The fraction of sp³-hybridized carbons (Fsp3) is 0.857. The normalized spacial score (nSPS) is 14.0. The number of methoxy groups -OCH3 is 1. The molecule has 0 saturated heterocycles. The van der Waals surface area contributed by atoms with E-state index in [1.807, 2.05) is 25.8 Å². The van der Waals surface area contributed by atoms with Gasteiger partial charge in [0.25, 0.3) is 0 Å². The molecular formula is C14H28N2O3. The van der Waals surface area contributed by atoms with Gasteiger partial charge in [-0.25, -0.2) is 4.79 Å². The Morgan fingerprint density at radius 3 is 2.42 bits per heavy atom. The van der Waals surface area contributed by atoms with Crippen molar-refractivity contribution in [2.45, 2.75) is 46.1 Å². The molecule has 1 N–H and O–H groups in total. The van der Waals surface area contributed by atoms with E-state index in [2.05, 4.69) is 12.2 Å². The molecule has 0 spiro atoms. The van der Waals surface area contributed by atoms with Gasteiger partial charge < -0.3 is 10.1 Å². The number of esters is 1. The molecule has 0 aromatic carbocycles. The largest absolute Gasteiger partial charge is 0.467 e. The van der Waals surface area contributed by atoms with Gasteiger partial charge in [-0.05, 0) is 25.9 Å². The highest BCUT2D eigenvalue weighted by Gasteiger charge is 2.26. The summed E-state index contributed by atoms with van der Waals surface area (Å²) in [5.74, 6) is -0.439. The van der Waals surface area contributed by atoms with Crippen LogP contribution >= 0.6 is 0 Å². The van der Waals surface area contributed by atoms with Crippen molar-refractivity contribution >= 4 is 11.9 Å².